The third-order valence-electron chi connectivity index (χ3n) is 5.71. The maximum absolute atomic E-state index is 11.7. The highest BCUT2D eigenvalue weighted by Crippen LogP contribution is 2.33. The second kappa shape index (κ2) is 19.4. The number of urea groups is 1. The SMILES string of the molecule is C/C=C\C=C/C.CC1C=CC=CCC1.CCN(CCc1ccc(SC(C)(C)C(=O)O)cc1C)C(=O)NC. The monoisotopic (exact) mass is 528 g/mol. The summed E-state index contributed by atoms with van der Waals surface area (Å²) in [6, 6.07) is 5.92. The number of carboxylic acids is 1. The number of nitrogens with zero attached hydrogens (tertiary/aromatic N) is 1. The van der Waals surface area contributed by atoms with Crippen LogP contribution in [0.3, 0.4) is 0 Å². The van der Waals surface area contributed by atoms with Gasteiger partial charge in [0.2, 0.25) is 0 Å². The standard InChI is InChI=1S/C17H26N2O3S.C8H12.C6H10/c1-6-19(16(22)18-5)10-9-13-7-8-14(11-12(13)2)23-17(3,4)15(20)21;1-8-6-4-2-3-5-7-8;1-3-5-6-4-2/h7-8,11H,6,9-10H2,1-5H3,(H,18,22)(H,20,21);2-4,6,8H,5,7H2,1H3;3-6H,1-2H3/b;;5-3-,6-4-. The molecule has 5 nitrogen and oxygen atoms in total. The first-order valence-electron chi connectivity index (χ1n) is 13.1. The molecule has 6 heteroatoms. The van der Waals surface area contributed by atoms with Crippen LogP contribution in [0.4, 0.5) is 4.79 Å². The van der Waals surface area contributed by atoms with Crippen molar-refractivity contribution < 1.29 is 14.7 Å². The Morgan fingerprint density at radius 3 is 2.35 bits per heavy atom. The number of hydrogen-bond acceptors (Lipinski definition) is 3. The van der Waals surface area contributed by atoms with E-state index in [0.717, 1.165) is 22.8 Å². The number of carbonyl (C=O) groups is 2. The Kier molecular flexibility index (Phi) is 18.0. The fourth-order valence-electron chi connectivity index (χ4n) is 3.27. The molecule has 0 aromatic heterocycles. The molecule has 37 heavy (non-hydrogen) atoms. The molecule has 0 spiro atoms. The second-order valence-corrected chi connectivity index (χ2v) is 11.0. The summed E-state index contributed by atoms with van der Waals surface area (Å²) in [6.07, 6.45) is 20.1. The average Bonchev–Trinajstić information content (AvgIpc) is 3.11. The molecule has 0 bridgehead atoms. The molecule has 1 aromatic rings. The van der Waals surface area contributed by atoms with E-state index >= 15 is 0 Å². The van der Waals surface area contributed by atoms with E-state index in [4.69, 9.17) is 0 Å². The number of hydrogen-bond donors (Lipinski definition) is 2. The summed E-state index contributed by atoms with van der Waals surface area (Å²) in [4.78, 5) is 25.6. The van der Waals surface area contributed by atoms with Crippen molar-refractivity contribution in [3.63, 3.8) is 0 Å². The van der Waals surface area contributed by atoms with E-state index < -0.39 is 10.7 Å². The fourth-order valence-corrected chi connectivity index (χ4v) is 4.32. The van der Waals surface area contributed by atoms with E-state index in [1.165, 1.54) is 30.2 Å². The van der Waals surface area contributed by atoms with Crippen molar-refractivity contribution in [3.05, 3.63) is 77.9 Å². The van der Waals surface area contributed by atoms with Gasteiger partial charge in [-0.3, -0.25) is 4.79 Å². The smallest absolute Gasteiger partial charge is 0.319 e. The molecule has 1 unspecified atom stereocenters. The predicted molar refractivity (Wildman–Crippen MR) is 160 cm³/mol. The molecule has 206 valence electrons. The Morgan fingerprint density at radius 1 is 1.19 bits per heavy atom. The second-order valence-electron chi connectivity index (χ2n) is 9.31. The molecule has 2 amide bonds. The molecule has 0 heterocycles. The first-order valence-corrected chi connectivity index (χ1v) is 13.9. The van der Waals surface area contributed by atoms with E-state index in [1.807, 2.05) is 70.2 Å². The molecular weight excluding hydrogens is 480 g/mol. The molecule has 1 aromatic carbocycles. The number of likely N-dealkylation sites (N-methyl/N-ethyl adjacent to an activating group) is 1. The minimum atomic E-state index is -0.855. The molecule has 0 fully saturated rings. The van der Waals surface area contributed by atoms with Gasteiger partial charge in [-0.25, -0.2) is 4.79 Å². The van der Waals surface area contributed by atoms with E-state index in [0.29, 0.717) is 13.1 Å². The lowest BCUT2D eigenvalue weighted by atomic mass is 10.1. The molecule has 0 saturated carbocycles. The highest BCUT2D eigenvalue weighted by atomic mass is 32.2. The quantitative estimate of drug-likeness (QED) is 0.266. The van der Waals surface area contributed by atoms with Gasteiger partial charge in [-0.1, -0.05) is 61.6 Å². The van der Waals surface area contributed by atoms with Crippen molar-refractivity contribution >= 4 is 23.8 Å². The van der Waals surface area contributed by atoms with Gasteiger partial charge in [0.25, 0.3) is 0 Å². The number of benzene rings is 1. The third-order valence-corrected chi connectivity index (χ3v) is 6.88. The molecule has 0 aliphatic heterocycles. The maximum atomic E-state index is 11.7. The van der Waals surface area contributed by atoms with Crippen LogP contribution < -0.4 is 5.32 Å². The molecular formula is C31H48N2O3S. The number of carboxylic acid groups (broad SMARTS) is 1. The van der Waals surface area contributed by atoms with Crippen LogP contribution >= 0.6 is 11.8 Å². The number of nitrogens with one attached hydrogen (secondary N) is 1. The number of allylic oxidation sites excluding steroid dienone is 8. The zero-order valence-corrected chi connectivity index (χ0v) is 24.9. The Hall–Kier alpha value is -2.73. The van der Waals surface area contributed by atoms with Crippen LogP contribution in [0.5, 0.6) is 0 Å². The number of carbonyl (C=O) groups excluding carboxylic acids is 1. The van der Waals surface area contributed by atoms with Crippen LogP contribution in [0.2, 0.25) is 0 Å². The van der Waals surface area contributed by atoms with E-state index in [-0.39, 0.29) is 6.03 Å². The average molecular weight is 529 g/mol. The molecule has 0 radical (unpaired) electrons. The van der Waals surface area contributed by atoms with Crippen molar-refractivity contribution in [3.8, 4) is 0 Å². The summed E-state index contributed by atoms with van der Waals surface area (Å²) >= 11 is 1.34. The molecule has 2 N–H and O–H groups in total. The van der Waals surface area contributed by atoms with Crippen molar-refractivity contribution in [1.29, 1.82) is 0 Å². The van der Waals surface area contributed by atoms with Crippen molar-refractivity contribution in [2.24, 2.45) is 5.92 Å². The minimum absolute atomic E-state index is 0.0689. The van der Waals surface area contributed by atoms with Gasteiger partial charge in [-0.2, -0.15) is 0 Å². The van der Waals surface area contributed by atoms with Crippen LogP contribution in [0, 0.1) is 12.8 Å². The number of aryl methyl sites for hydroxylation is 1. The number of thioether (sulfide) groups is 1. The Morgan fingerprint density at radius 2 is 1.84 bits per heavy atom. The lowest BCUT2D eigenvalue weighted by Gasteiger charge is -2.21. The van der Waals surface area contributed by atoms with Crippen molar-refractivity contribution in [2.45, 2.75) is 77.4 Å². The van der Waals surface area contributed by atoms with Gasteiger partial charge in [0, 0.05) is 25.0 Å². The van der Waals surface area contributed by atoms with Crippen LogP contribution in [-0.4, -0.2) is 46.9 Å². The topological polar surface area (TPSA) is 69.6 Å². The zero-order chi connectivity index (χ0) is 28.3. The van der Waals surface area contributed by atoms with Crippen LogP contribution in [-0.2, 0) is 11.2 Å². The summed E-state index contributed by atoms with van der Waals surface area (Å²) < 4.78 is -0.855. The maximum Gasteiger partial charge on any atom is 0.319 e. The van der Waals surface area contributed by atoms with E-state index in [2.05, 4.69) is 36.5 Å². The van der Waals surface area contributed by atoms with Gasteiger partial charge < -0.3 is 15.3 Å². The molecule has 1 atom stereocenters. The summed E-state index contributed by atoms with van der Waals surface area (Å²) in [5.41, 5.74) is 2.29. The van der Waals surface area contributed by atoms with E-state index in [1.54, 1.807) is 25.8 Å². The summed E-state index contributed by atoms with van der Waals surface area (Å²) in [6.45, 7) is 14.9. The van der Waals surface area contributed by atoms with Gasteiger partial charge in [-0.05, 0) is 90.0 Å². The summed E-state index contributed by atoms with van der Waals surface area (Å²) in [5.74, 6) is -0.0432. The van der Waals surface area contributed by atoms with Gasteiger partial charge in [-0.15, -0.1) is 11.8 Å². The summed E-state index contributed by atoms with van der Waals surface area (Å²) in [7, 11) is 1.63. The largest absolute Gasteiger partial charge is 0.480 e. The first-order chi connectivity index (χ1) is 17.5. The Balaban J connectivity index is 0.000000749. The van der Waals surface area contributed by atoms with Crippen LogP contribution in [0.1, 0.15) is 65.5 Å². The van der Waals surface area contributed by atoms with Crippen LogP contribution in [0.15, 0.2) is 71.7 Å². The molecule has 1 aliphatic carbocycles. The van der Waals surface area contributed by atoms with Crippen molar-refractivity contribution in [2.75, 3.05) is 20.1 Å². The Labute approximate surface area is 229 Å². The minimum Gasteiger partial charge on any atom is -0.480 e. The molecule has 1 aliphatic rings. The molecule has 2 rings (SSSR count). The fraction of sp³-hybridized carbons (Fsp3) is 0.484. The summed E-state index contributed by atoms with van der Waals surface area (Å²) in [5, 5.41) is 11.9. The highest BCUT2D eigenvalue weighted by Gasteiger charge is 2.28. The number of aliphatic carboxylic acids is 1. The first kappa shape index (κ1) is 34.3. The predicted octanol–water partition coefficient (Wildman–Crippen LogP) is 7.82. The number of amides is 2. The lowest BCUT2D eigenvalue weighted by Crippen LogP contribution is -2.39. The van der Waals surface area contributed by atoms with E-state index in [9.17, 15) is 14.7 Å². The van der Waals surface area contributed by atoms with Gasteiger partial charge in [0.15, 0.2) is 0 Å². The zero-order valence-electron chi connectivity index (χ0n) is 24.1. The van der Waals surface area contributed by atoms with Gasteiger partial charge in [0.1, 0.15) is 4.75 Å². The molecule has 0 saturated heterocycles. The van der Waals surface area contributed by atoms with Gasteiger partial charge >= 0.3 is 12.0 Å². The number of rotatable bonds is 8. The highest BCUT2D eigenvalue weighted by molar-refractivity contribution is 8.01. The Bertz CT molecular complexity index is 922. The van der Waals surface area contributed by atoms with Crippen LogP contribution in [0.25, 0.3) is 0 Å². The van der Waals surface area contributed by atoms with Gasteiger partial charge in [0.05, 0.1) is 0 Å². The third kappa shape index (κ3) is 15.2. The normalized spacial score (nSPS) is 14.9. The lowest BCUT2D eigenvalue weighted by molar-refractivity contribution is -0.138. The van der Waals surface area contributed by atoms with Crippen molar-refractivity contribution in [1.82, 2.24) is 10.2 Å².